The van der Waals surface area contributed by atoms with Crippen molar-refractivity contribution in [1.82, 2.24) is 0 Å². The predicted octanol–water partition coefficient (Wildman–Crippen LogP) is 3.17. The monoisotopic (exact) mass is 211 g/mol. The number of hydrogen-bond donors (Lipinski definition) is 0. The molecule has 0 unspecified atom stereocenters. The van der Waals surface area contributed by atoms with Gasteiger partial charge in [-0.1, -0.05) is 35.9 Å². The van der Waals surface area contributed by atoms with E-state index < -0.39 is 0 Å². The van der Waals surface area contributed by atoms with Gasteiger partial charge in [-0.05, 0) is 25.1 Å². The van der Waals surface area contributed by atoms with Gasteiger partial charge in [-0.15, -0.1) is 0 Å². The molecule has 0 radical (unpaired) electrons. The molecule has 1 aliphatic carbocycles. The van der Waals surface area contributed by atoms with Gasteiger partial charge in [0, 0.05) is 17.7 Å². The van der Waals surface area contributed by atoms with E-state index in [2.05, 4.69) is 11.1 Å². The Morgan fingerprint density at radius 3 is 2.56 bits per heavy atom. The van der Waals surface area contributed by atoms with Crippen LogP contribution in [0.25, 0.3) is 0 Å². The molecular weight excluding hydrogens is 198 g/mol. The van der Waals surface area contributed by atoms with Gasteiger partial charge in [0.1, 0.15) is 0 Å². The van der Waals surface area contributed by atoms with Crippen molar-refractivity contribution in [2.45, 2.75) is 13.3 Å². The molecule has 16 heavy (non-hydrogen) atoms. The van der Waals surface area contributed by atoms with Gasteiger partial charge >= 0.3 is 0 Å². The van der Waals surface area contributed by atoms with E-state index in [1.807, 2.05) is 37.3 Å². The fraction of sp³-hybridized carbons (Fsp3) is 0.143. The second-order valence-electron chi connectivity index (χ2n) is 3.76. The van der Waals surface area contributed by atoms with Crippen LogP contribution in [0, 0.1) is 0 Å². The molecule has 0 atom stereocenters. The van der Waals surface area contributed by atoms with E-state index in [1.54, 1.807) is 12.1 Å². The van der Waals surface area contributed by atoms with Crippen molar-refractivity contribution in [3.63, 3.8) is 0 Å². The van der Waals surface area contributed by atoms with Crippen LogP contribution in [-0.2, 0) is 0 Å². The molecule has 0 heterocycles. The van der Waals surface area contributed by atoms with Crippen LogP contribution < -0.4 is 0 Å². The lowest BCUT2D eigenvalue weighted by atomic mass is 10.1. The number of benzene rings is 1. The van der Waals surface area contributed by atoms with Gasteiger partial charge in [0.25, 0.3) is 5.91 Å². The van der Waals surface area contributed by atoms with Crippen LogP contribution in [0.3, 0.4) is 0 Å². The molecule has 0 bridgehead atoms. The molecule has 1 aliphatic rings. The maximum absolute atomic E-state index is 11.8. The molecule has 1 amide bonds. The average Bonchev–Trinajstić information content (AvgIpc) is 2.33. The van der Waals surface area contributed by atoms with Crippen LogP contribution in [0.5, 0.6) is 0 Å². The molecule has 1 aromatic rings. The number of carbonyl (C=O) groups excluding carboxylic acids is 1. The molecule has 0 fully saturated rings. The van der Waals surface area contributed by atoms with E-state index in [0.717, 1.165) is 12.1 Å². The van der Waals surface area contributed by atoms with Crippen LogP contribution in [0.2, 0.25) is 0 Å². The lowest BCUT2D eigenvalue weighted by molar-refractivity contribution is 0.100. The molecule has 2 heteroatoms. The van der Waals surface area contributed by atoms with Crippen molar-refractivity contribution in [3.8, 4) is 0 Å². The predicted molar refractivity (Wildman–Crippen MR) is 65.7 cm³/mol. The van der Waals surface area contributed by atoms with Gasteiger partial charge in [-0.2, -0.15) is 0 Å². The SMILES string of the molecule is CC1=CCC(=NC(=O)c2ccccc2)C=C1. The largest absolute Gasteiger partial charge is 0.277 e. The summed E-state index contributed by atoms with van der Waals surface area (Å²) in [7, 11) is 0. The highest BCUT2D eigenvalue weighted by Crippen LogP contribution is 2.09. The summed E-state index contributed by atoms with van der Waals surface area (Å²) in [5.74, 6) is -0.173. The van der Waals surface area contributed by atoms with Gasteiger partial charge in [-0.25, -0.2) is 4.99 Å². The van der Waals surface area contributed by atoms with Gasteiger partial charge in [0.05, 0.1) is 0 Å². The number of carbonyl (C=O) groups is 1. The van der Waals surface area contributed by atoms with Crippen molar-refractivity contribution in [1.29, 1.82) is 0 Å². The zero-order chi connectivity index (χ0) is 11.4. The Morgan fingerprint density at radius 1 is 1.19 bits per heavy atom. The summed E-state index contributed by atoms with van der Waals surface area (Å²) >= 11 is 0. The molecule has 2 rings (SSSR count). The standard InChI is InChI=1S/C14H13NO/c1-11-7-9-13(10-8-11)15-14(16)12-5-3-2-4-6-12/h2-9H,10H2,1H3. The first-order valence-electron chi connectivity index (χ1n) is 5.27. The Hall–Kier alpha value is -1.96. The maximum atomic E-state index is 11.8. The Kier molecular flexibility index (Phi) is 3.10. The minimum absolute atomic E-state index is 0.173. The summed E-state index contributed by atoms with van der Waals surface area (Å²) < 4.78 is 0. The number of amides is 1. The topological polar surface area (TPSA) is 29.4 Å². The van der Waals surface area contributed by atoms with Crippen LogP contribution in [0.1, 0.15) is 23.7 Å². The number of aliphatic imine (C=N–C) groups is 1. The molecular formula is C14H13NO. The number of nitrogens with zero attached hydrogens (tertiary/aromatic N) is 1. The second-order valence-corrected chi connectivity index (χ2v) is 3.76. The summed E-state index contributed by atoms with van der Waals surface area (Å²) in [5.41, 5.74) is 2.67. The third-order valence-corrected chi connectivity index (χ3v) is 2.44. The zero-order valence-corrected chi connectivity index (χ0v) is 9.18. The first-order chi connectivity index (χ1) is 7.75. The Morgan fingerprint density at radius 2 is 1.94 bits per heavy atom. The van der Waals surface area contributed by atoms with E-state index in [0.29, 0.717) is 5.56 Å². The first-order valence-corrected chi connectivity index (χ1v) is 5.27. The molecule has 1 aromatic carbocycles. The Balaban J connectivity index is 2.14. The lowest BCUT2D eigenvalue weighted by Gasteiger charge is -2.03. The summed E-state index contributed by atoms with van der Waals surface area (Å²) in [6.45, 7) is 2.03. The third kappa shape index (κ3) is 2.54. The molecule has 0 aromatic heterocycles. The van der Waals surface area contributed by atoms with E-state index in [4.69, 9.17) is 0 Å². The van der Waals surface area contributed by atoms with Crippen LogP contribution in [0.4, 0.5) is 0 Å². The van der Waals surface area contributed by atoms with Crippen LogP contribution >= 0.6 is 0 Å². The average molecular weight is 211 g/mol. The van der Waals surface area contributed by atoms with Crippen molar-refractivity contribution in [2.24, 2.45) is 4.99 Å². The molecule has 0 aliphatic heterocycles. The van der Waals surface area contributed by atoms with Gasteiger partial charge < -0.3 is 0 Å². The quantitative estimate of drug-likeness (QED) is 0.701. The summed E-state index contributed by atoms with van der Waals surface area (Å²) in [6.07, 6.45) is 6.68. The van der Waals surface area contributed by atoms with E-state index in [9.17, 15) is 4.79 Å². The fourth-order valence-corrected chi connectivity index (χ4v) is 1.49. The molecule has 2 nitrogen and oxygen atoms in total. The van der Waals surface area contributed by atoms with Gasteiger partial charge in [-0.3, -0.25) is 4.79 Å². The number of hydrogen-bond acceptors (Lipinski definition) is 1. The summed E-state index contributed by atoms with van der Waals surface area (Å²) in [4.78, 5) is 15.8. The lowest BCUT2D eigenvalue weighted by Crippen LogP contribution is -2.03. The molecule has 0 saturated carbocycles. The van der Waals surface area contributed by atoms with Crippen molar-refractivity contribution in [3.05, 3.63) is 59.7 Å². The molecule has 0 spiro atoms. The highest BCUT2D eigenvalue weighted by atomic mass is 16.1. The minimum Gasteiger partial charge on any atom is -0.267 e. The van der Waals surface area contributed by atoms with E-state index in [1.165, 1.54) is 5.57 Å². The van der Waals surface area contributed by atoms with Crippen molar-refractivity contribution < 1.29 is 4.79 Å². The second kappa shape index (κ2) is 4.71. The van der Waals surface area contributed by atoms with Gasteiger partial charge in [0.15, 0.2) is 0 Å². The molecule has 80 valence electrons. The van der Waals surface area contributed by atoms with Crippen LogP contribution in [-0.4, -0.2) is 11.6 Å². The van der Waals surface area contributed by atoms with Crippen molar-refractivity contribution >= 4 is 11.6 Å². The third-order valence-electron chi connectivity index (χ3n) is 2.44. The number of rotatable bonds is 1. The molecule has 0 N–H and O–H groups in total. The normalized spacial score (nSPS) is 17.3. The van der Waals surface area contributed by atoms with Crippen molar-refractivity contribution in [2.75, 3.05) is 0 Å². The van der Waals surface area contributed by atoms with Gasteiger partial charge in [0.2, 0.25) is 0 Å². The highest BCUT2D eigenvalue weighted by molar-refractivity contribution is 6.08. The minimum atomic E-state index is -0.173. The Labute approximate surface area is 95.0 Å². The summed E-state index contributed by atoms with van der Waals surface area (Å²) in [5, 5.41) is 0. The maximum Gasteiger partial charge on any atom is 0.277 e. The van der Waals surface area contributed by atoms with E-state index in [-0.39, 0.29) is 5.91 Å². The molecule has 0 saturated heterocycles. The van der Waals surface area contributed by atoms with E-state index >= 15 is 0 Å². The van der Waals surface area contributed by atoms with Crippen LogP contribution in [0.15, 0.2) is 59.1 Å². The number of allylic oxidation sites excluding steroid dienone is 4. The first kappa shape index (κ1) is 10.6. The zero-order valence-electron chi connectivity index (χ0n) is 9.18. The fourth-order valence-electron chi connectivity index (χ4n) is 1.49. The smallest absolute Gasteiger partial charge is 0.267 e. The Bertz CT molecular complexity index is 481. The highest BCUT2D eigenvalue weighted by Gasteiger charge is 2.05. The summed E-state index contributed by atoms with van der Waals surface area (Å²) in [6, 6.07) is 9.12.